The van der Waals surface area contributed by atoms with Gasteiger partial charge in [-0.3, -0.25) is 0 Å². The maximum Gasteiger partial charge on any atom is 0.177 e. The molecule has 0 aromatic rings. The third kappa shape index (κ3) is 4.60. The second kappa shape index (κ2) is 6.03. The molecule has 0 rings (SSSR count). The van der Waals surface area contributed by atoms with Crippen molar-refractivity contribution in [2.45, 2.75) is 116 Å². The quantitative estimate of drug-likeness (QED) is 0.468. The molecule has 0 aliphatic heterocycles. The van der Waals surface area contributed by atoms with Crippen molar-refractivity contribution in [1.82, 2.24) is 0 Å². The number of hydrogen-bond donors (Lipinski definition) is 0. The lowest BCUT2D eigenvalue weighted by Crippen LogP contribution is -2.52. The second-order valence-electron chi connectivity index (χ2n) is 10.7. The lowest BCUT2D eigenvalue weighted by atomic mass is 10.2. The van der Waals surface area contributed by atoms with Gasteiger partial charge in [-0.15, -0.1) is 0 Å². The Balaban J connectivity index is 6.53. The summed E-state index contributed by atoms with van der Waals surface area (Å²) in [5, 5.41) is 1.25. The van der Waals surface area contributed by atoms with Crippen LogP contribution in [0.15, 0.2) is 4.30 Å². The zero-order valence-electron chi connectivity index (χ0n) is 17.2. The molecule has 0 aromatic heterocycles. The van der Waals surface area contributed by atoms with Crippen LogP contribution in [-0.2, 0) is 0 Å². The summed E-state index contributed by atoms with van der Waals surface area (Å²) < 4.78 is 5.85. The number of rotatable bonds is 2. The minimum atomic E-state index is -1.79. The summed E-state index contributed by atoms with van der Waals surface area (Å²) in [5.74, 6) is 0. The van der Waals surface area contributed by atoms with Crippen molar-refractivity contribution in [3.63, 3.8) is 0 Å². The minimum absolute atomic E-state index is 0.312. The van der Waals surface area contributed by atoms with Crippen molar-refractivity contribution in [2.75, 3.05) is 0 Å². The van der Waals surface area contributed by atoms with E-state index in [9.17, 15) is 0 Å². The molecule has 0 atom stereocenters. The first kappa shape index (κ1) is 21.2. The first-order chi connectivity index (χ1) is 8.90. The van der Waals surface area contributed by atoms with Crippen molar-refractivity contribution >= 4 is 16.8 Å². The molecule has 0 aliphatic carbocycles. The molecule has 0 N–H and O–H groups in total. The highest BCUT2D eigenvalue weighted by Crippen LogP contribution is 2.55. The van der Waals surface area contributed by atoms with Crippen molar-refractivity contribution in [3.8, 4) is 0 Å². The molecule has 0 amide bonds. The fourth-order valence-corrected chi connectivity index (χ4v) is 18.4. The van der Waals surface area contributed by atoms with E-state index in [4.69, 9.17) is 4.30 Å². The molecule has 0 unspecified atom stereocenters. The van der Waals surface area contributed by atoms with Gasteiger partial charge in [-0.25, -0.2) is 0 Å². The molecule has 0 fully saturated rings. The highest BCUT2D eigenvalue weighted by Gasteiger charge is 2.53. The van der Waals surface area contributed by atoms with Crippen LogP contribution in [-0.4, -0.2) is 16.8 Å². The highest BCUT2D eigenvalue weighted by molar-refractivity contribution is 6.87. The third-order valence-electron chi connectivity index (χ3n) is 4.72. The molecule has 0 spiro atoms. The average Bonchev–Trinajstić information content (AvgIpc) is 2.09. The fraction of sp³-hybridized carbons (Fsp3) is 1.00. The summed E-state index contributed by atoms with van der Waals surface area (Å²) in [4.78, 5) is 0. The summed E-state index contributed by atoms with van der Waals surface area (Å²) in [6, 6.07) is 1.25. The van der Waals surface area contributed by atoms with Crippen LogP contribution in [0.3, 0.4) is 0 Å². The van der Waals surface area contributed by atoms with E-state index < -0.39 is 16.8 Å². The molecule has 0 heterocycles. The normalized spacial score (nSPS) is 15.1. The van der Waals surface area contributed by atoms with E-state index in [0.29, 0.717) is 20.2 Å². The van der Waals surface area contributed by atoms with Crippen LogP contribution in [0.5, 0.6) is 0 Å². The van der Waals surface area contributed by atoms with E-state index in [1.807, 2.05) is 0 Å². The Morgan fingerprint density at radius 2 is 0.952 bits per heavy atom. The largest absolute Gasteiger partial charge is 0.365 e. The lowest BCUT2D eigenvalue weighted by molar-refractivity contribution is 0.599. The Bertz CT molecular complexity index is 351. The molecule has 0 aliphatic rings. The van der Waals surface area contributed by atoms with Gasteiger partial charge in [0.2, 0.25) is 0 Å². The van der Waals surface area contributed by atoms with Crippen molar-refractivity contribution in [1.29, 1.82) is 0 Å². The topological polar surface area (TPSA) is 12.4 Å². The standard InChI is InChI=1S/C18H41NSi2/c1-14-21(17(8,9)10,18(11,12)13)19-20(15(2,3)4)16(5,6)7/h14H2,1-13H3. The zero-order valence-corrected chi connectivity index (χ0v) is 19.2. The zero-order chi connectivity index (χ0) is 17.5. The minimum Gasteiger partial charge on any atom is -0.365 e. The summed E-state index contributed by atoms with van der Waals surface area (Å²) >= 11 is 0. The van der Waals surface area contributed by atoms with Gasteiger partial charge in [-0.1, -0.05) is 90.0 Å². The average molecular weight is 328 g/mol. The number of hydrogen-bond acceptors (Lipinski definition) is 1. The Labute approximate surface area is 137 Å². The van der Waals surface area contributed by atoms with E-state index >= 15 is 0 Å². The Morgan fingerprint density at radius 3 is 1.10 bits per heavy atom. The highest BCUT2D eigenvalue weighted by atomic mass is 28.4. The van der Waals surface area contributed by atoms with Gasteiger partial charge in [0.05, 0.1) is 0 Å². The first-order valence-corrected chi connectivity index (χ1v) is 12.1. The predicted molar refractivity (Wildman–Crippen MR) is 103 cm³/mol. The van der Waals surface area contributed by atoms with Crippen molar-refractivity contribution < 1.29 is 0 Å². The van der Waals surface area contributed by atoms with Gasteiger partial charge in [0, 0.05) is 0 Å². The van der Waals surface area contributed by atoms with Gasteiger partial charge in [-0.05, 0) is 26.2 Å². The van der Waals surface area contributed by atoms with Crippen LogP contribution in [0, 0.1) is 0 Å². The van der Waals surface area contributed by atoms with E-state index in [-0.39, 0.29) is 0 Å². The predicted octanol–water partition coefficient (Wildman–Crippen LogP) is 7.41. The Morgan fingerprint density at radius 1 is 0.667 bits per heavy atom. The van der Waals surface area contributed by atoms with Crippen LogP contribution >= 0.6 is 0 Å². The maximum absolute atomic E-state index is 5.85. The molecular weight excluding hydrogens is 286 g/mol. The fourth-order valence-electron chi connectivity index (χ4n) is 4.25. The molecule has 0 saturated heterocycles. The lowest BCUT2D eigenvalue weighted by Gasteiger charge is -2.50. The molecule has 1 nitrogen and oxygen atoms in total. The van der Waals surface area contributed by atoms with Gasteiger partial charge in [0.1, 0.15) is 8.59 Å². The summed E-state index contributed by atoms with van der Waals surface area (Å²) in [5.41, 5.74) is 0. The van der Waals surface area contributed by atoms with Crippen molar-refractivity contribution in [2.24, 2.45) is 4.30 Å². The van der Waals surface area contributed by atoms with E-state index in [2.05, 4.69) is 90.0 Å². The van der Waals surface area contributed by atoms with Gasteiger partial charge in [0.25, 0.3) is 0 Å². The van der Waals surface area contributed by atoms with Crippen LogP contribution in [0.1, 0.15) is 90.0 Å². The van der Waals surface area contributed by atoms with Crippen molar-refractivity contribution in [3.05, 3.63) is 0 Å². The molecular formula is C18H41NSi2. The summed E-state index contributed by atoms with van der Waals surface area (Å²) in [7, 11) is -2.61. The van der Waals surface area contributed by atoms with E-state index in [1.54, 1.807) is 0 Å². The van der Waals surface area contributed by atoms with Gasteiger partial charge in [0.15, 0.2) is 8.24 Å². The Hall–Kier alpha value is 0.234. The van der Waals surface area contributed by atoms with Crippen LogP contribution in [0.25, 0.3) is 0 Å². The monoisotopic (exact) mass is 327 g/mol. The molecule has 0 aromatic carbocycles. The smallest absolute Gasteiger partial charge is 0.177 e. The third-order valence-corrected chi connectivity index (χ3v) is 16.0. The van der Waals surface area contributed by atoms with Crippen LogP contribution in [0.4, 0.5) is 0 Å². The van der Waals surface area contributed by atoms with Crippen LogP contribution in [0.2, 0.25) is 26.2 Å². The van der Waals surface area contributed by atoms with E-state index in [1.165, 1.54) is 6.04 Å². The van der Waals surface area contributed by atoms with E-state index in [0.717, 1.165) is 0 Å². The molecule has 126 valence electrons. The van der Waals surface area contributed by atoms with Gasteiger partial charge < -0.3 is 4.30 Å². The second-order valence-corrected chi connectivity index (χ2v) is 20.7. The maximum atomic E-state index is 5.85. The SMILES string of the molecule is CC[Si](N=[Si](C(C)(C)C)C(C)(C)C)(C(C)(C)C)C(C)(C)C. The molecule has 0 radical (unpaired) electrons. The Kier molecular flexibility index (Phi) is 6.10. The summed E-state index contributed by atoms with van der Waals surface area (Å²) in [6.07, 6.45) is 0. The summed E-state index contributed by atoms with van der Waals surface area (Å²) in [6.45, 7) is 31.4. The first-order valence-electron chi connectivity index (χ1n) is 8.51. The number of nitrogens with zero attached hydrogens (tertiary/aromatic N) is 1. The van der Waals surface area contributed by atoms with Gasteiger partial charge >= 0.3 is 0 Å². The molecule has 0 saturated carbocycles. The van der Waals surface area contributed by atoms with Crippen LogP contribution < -0.4 is 0 Å². The molecule has 0 bridgehead atoms. The molecule has 21 heavy (non-hydrogen) atoms. The van der Waals surface area contributed by atoms with Gasteiger partial charge in [-0.2, -0.15) is 0 Å². The molecule has 3 heteroatoms.